The molecule has 2 atom stereocenters. The fourth-order valence-corrected chi connectivity index (χ4v) is 1.93. The molecule has 0 fully saturated rings. The van der Waals surface area contributed by atoms with E-state index in [0.717, 1.165) is 0 Å². The summed E-state index contributed by atoms with van der Waals surface area (Å²) in [5.74, 6) is -0.0185. The van der Waals surface area contributed by atoms with Crippen LogP contribution in [0.4, 0.5) is 5.69 Å². The first-order valence-electron chi connectivity index (χ1n) is 7.37. The number of amides is 2. The number of hydrogen-bond donors (Lipinski definition) is 2. The number of anilines is 1. The zero-order chi connectivity index (χ0) is 16.7. The van der Waals surface area contributed by atoms with Crippen LogP contribution in [0.3, 0.4) is 0 Å². The number of nitrogens with two attached hydrogens (primary N) is 1. The molecular formula is C16H26ClN3O3. The van der Waals surface area contributed by atoms with Crippen molar-refractivity contribution < 1.29 is 14.3 Å². The second kappa shape index (κ2) is 10.1. The smallest absolute Gasteiger partial charge is 0.243 e. The predicted molar refractivity (Wildman–Crippen MR) is 93.9 cm³/mol. The van der Waals surface area contributed by atoms with Crippen molar-refractivity contribution in [3.63, 3.8) is 0 Å². The van der Waals surface area contributed by atoms with E-state index < -0.39 is 0 Å². The summed E-state index contributed by atoms with van der Waals surface area (Å²) in [6.07, 6.45) is 0. The molecule has 7 heteroatoms. The summed E-state index contributed by atoms with van der Waals surface area (Å²) in [5, 5.41) is 2.76. The van der Waals surface area contributed by atoms with Crippen molar-refractivity contribution >= 4 is 29.9 Å². The van der Waals surface area contributed by atoms with Gasteiger partial charge >= 0.3 is 0 Å². The van der Waals surface area contributed by atoms with Crippen LogP contribution in [-0.4, -0.2) is 43.0 Å². The van der Waals surface area contributed by atoms with Crippen LogP contribution in [0, 0.1) is 5.92 Å². The number of benzene rings is 1. The molecule has 2 amide bonds. The Hall–Kier alpha value is -1.79. The van der Waals surface area contributed by atoms with Gasteiger partial charge in [0.25, 0.3) is 0 Å². The Balaban J connectivity index is 0.00000484. The number of rotatable bonds is 7. The van der Waals surface area contributed by atoms with Gasteiger partial charge in [-0.25, -0.2) is 0 Å². The first-order valence-corrected chi connectivity index (χ1v) is 7.37. The van der Waals surface area contributed by atoms with Gasteiger partial charge in [0.05, 0.1) is 19.6 Å². The first kappa shape index (κ1) is 21.2. The molecule has 1 aromatic carbocycles. The Morgan fingerprint density at radius 3 is 2.52 bits per heavy atom. The van der Waals surface area contributed by atoms with Gasteiger partial charge in [-0.15, -0.1) is 12.4 Å². The van der Waals surface area contributed by atoms with Gasteiger partial charge in [0.15, 0.2) is 0 Å². The fourth-order valence-electron chi connectivity index (χ4n) is 1.93. The maximum absolute atomic E-state index is 12.3. The maximum Gasteiger partial charge on any atom is 0.243 e. The van der Waals surface area contributed by atoms with Crippen molar-refractivity contribution in [2.75, 3.05) is 25.5 Å². The molecule has 0 aromatic heterocycles. The van der Waals surface area contributed by atoms with Crippen molar-refractivity contribution in [3.05, 3.63) is 24.3 Å². The summed E-state index contributed by atoms with van der Waals surface area (Å²) in [6.45, 7) is 5.86. The van der Waals surface area contributed by atoms with Crippen molar-refractivity contribution in [1.82, 2.24) is 4.90 Å². The molecule has 0 aliphatic rings. The molecular weight excluding hydrogens is 318 g/mol. The molecule has 0 bridgehead atoms. The normalized spacial score (nSPS) is 12.6. The van der Waals surface area contributed by atoms with E-state index in [0.29, 0.717) is 18.0 Å². The van der Waals surface area contributed by atoms with E-state index in [9.17, 15) is 9.59 Å². The van der Waals surface area contributed by atoms with Gasteiger partial charge in [-0.05, 0) is 26.0 Å². The predicted octanol–water partition coefficient (Wildman–Crippen LogP) is 1.89. The number of nitrogens with one attached hydrogen (secondary N) is 1. The summed E-state index contributed by atoms with van der Waals surface area (Å²) in [7, 11) is 1.56. The van der Waals surface area contributed by atoms with E-state index in [1.807, 2.05) is 6.92 Å². The van der Waals surface area contributed by atoms with Gasteiger partial charge in [-0.3, -0.25) is 9.59 Å². The SMILES string of the molecule is CCN(CC(=O)Nc1cccc(OC)c1)C(=O)C(C)C(C)N.Cl. The molecule has 0 radical (unpaired) electrons. The zero-order valence-electron chi connectivity index (χ0n) is 14.0. The summed E-state index contributed by atoms with van der Waals surface area (Å²) in [4.78, 5) is 25.9. The second-order valence-corrected chi connectivity index (χ2v) is 5.28. The summed E-state index contributed by atoms with van der Waals surface area (Å²) < 4.78 is 5.10. The minimum absolute atomic E-state index is 0. The minimum atomic E-state index is -0.315. The molecule has 0 heterocycles. The molecule has 0 saturated carbocycles. The second-order valence-electron chi connectivity index (χ2n) is 5.28. The van der Waals surface area contributed by atoms with E-state index in [-0.39, 0.29) is 42.7 Å². The Kier molecular flexibility index (Phi) is 9.29. The van der Waals surface area contributed by atoms with Crippen LogP contribution in [0.1, 0.15) is 20.8 Å². The lowest BCUT2D eigenvalue weighted by molar-refractivity contribution is -0.138. The topological polar surface area (TPSA) is 84.7 Å². The largest absolute Gasteiger partial charge is 0.497 e. The highest BCUT2D eigenvalue weighted by atomic mass is 35.5. The molecule has 23 heavy (non-hydrogen) atoms. The Morgan fingerprint density at radius 1 is 1.35 bits per heavy atom. The lowest BCUT2D eigenvalue weighted by Gasteiger charge is -2.25. The highest BCUT2D eigenvalue weighted by Crippen LogP contribution is 2.16. The average molecular weight is 344 g/mol. The number of hydrogen-bond acceptors (Lipinski definition) is 4. The number of carbonyl (C=O) groups excluding carboxylic acids is 2. The van der Waals surface area contributed by atoms with Gasteiger partial charge in [0.1, 0.15) is 5.75 Å². The highest BCUT2D eigenvalue weighted by Gasteiger charge is 2.23. The molecule has 6 nitrogen and oxygen atoms in total. The van der Waals surface area contributed by atoms with Gasteiger partial charge < -0.3 is 20.7 Å². The number of carbonyl (C=O) groups is 2. The highest BCUT2D eigenvalue weighted by molar-refractivity contribution is 5.95. The molecule has 1 rings (SSSR count). The minimum Gasteiger partial charge on any atom is -0.497 e. The van der Waals surface area contributed by atoms with Crippen molar-refractivity contribution in [2.45, 2.75) is 26.8 Å². The quantitative estimate of drug-likeness (QED) is 0.791. The van der Waals surface area contributed by atoms with Crippen LogP contribution >= 0.6 is 12.4 Å². The van der Waals surface area contributed by atoms with E-state index in [1.165, 1.54) is 4.90 Å². The van der Waals surface area contributed by atoms with Gasteiger partial charge in [-0.1, -0.05) is 13.0 Å². The molecule has 130 valence electrons. The van der Waals surface area contributed by atoms with E-state index in [2.05, 4.69) is 5.32 Å². The van der Waals surface area contributed by atoms with E-state index in [4.69, 9.17) is 10.5 Å². The number of halogens is 1. The summed E-state index contributed by atoms with van der Waals surface area (Å²) in [5.41, 5.74) is 6.39. The van der Waals surface area contributed by atoms with E-state index in [1.54, 1.807) is 45.2 Å². The third-order valence-electron chi connectivity index (χ3n) is 3.56. The van der Waals surface area contributed by atoms with Crippen LogP contribution in [0.5, 0.6) is 5.75 Å². The Morgan fingerprint density at radius 2 is 2.00 bits per heavy atom. The lowest BCUT2D eigenvalue weighted by Crippen LogP contribution is -2.44. The maximum atomic E-state index is 12.3. The standard InChI is InChI=1S/C16H25N3O3.ClH/c1-5-19(16(21)11(2)12(3)17)10-15(20)18-13-7-6-8-14(9-13)22-4;/h6-9,11-12H,5,10,17H2,1-4H3,(H,18,20);1H. The van der Waals surface area contributed by atoms with Crippen LogP contribution in [-0.2, 0) is 9.59 Å². The van der Waals surface area contributed by atoms with Crippen molar-refractivity contribution in [1.29, 1.82) is 0 Å². The average Bonchev–Trinajstić information content (AvgIpc) is 2.51. The molecule has 2 unspecified atom stereocenters. The van der Waals surface area contributed by atoms with Crippen molar-refractivity contribution in [3.8, 4) is 5.75 Å². The van der Waals surface area contributed by atoms with Crippen LogP contribution in [0.2, 0.25) is 0 Å². The number of nitrogens with zero attached hydrogens (tertiary/aromatic N) is 1. The summed E-state index contributed by atoms with van der Waals surface area (Å²) >= 11 is 0. The van der Waals surface area contributed by atoms with Crippen LogP contribution < -0.4 is 15.8 Å². The van der Waals surface area contributed by atoms with Crippen LogP contribution in [0.15, 0.2) is 24.3 Å². The fraction of sp³-hybridized carbons (Fsp3) is 0.500. The van der Waals surface area contributed by atoms with Gasteiger partial charge in [0.2, 0.25) is 11.8 Å². The summed E-state index contributed by atoms with van der Waals surface area (Å²) in [6, 6.07) is 6.82. The van der Waals surface area contributed by atoms with Gasteiger partial charge in [0, 0.05) is 24.3 Å². The molecule has 1 aromatic rings. The molecule has 0 aliphatic carbocycles. The first-order chi connectivity index (χ1) is 10.4. The molecule has 0 saturated heterocycles. The van der Waals surface area contributed by atoms with E-state index >= 15 is 0 Å². The zero-order valence-corrected chi connectivity index (χ0v) is 14.9. The molecule has 0 aliphatic heterocycles. The number of methoxy groups -OCH3 is 1. The third-order valence-corrected chi connectivity index (χ3v) is 3.56. The van der Waals surface area contributed by atoms with Crippen molar-refractivity contribution in [2.24, 2.45) is 11.7 Å². The lowest BCUT2D eigenvalue weighted by atomic mass is 10.0. The molecule has 3 N–H and O–H groups in total. The van der Waals surface area contributed by atoms with Gasteiger partial charge in [-0.2, -0.15) is 0 Å². The molecule has 0 spiro atoms. The Labute approximate surface area is 143 Å². The number of likely N-dealkylation sites (N-methyl/N-ethyl adjacent to an activating group) is 1. The van der Waals surface area contributed by atoms with Crippen LogP contribution in [0.25, 0.3) is 0 Å². The monoisotopic (exact) mass is 343 g/mol. The Bertz CT molecular complexity index is 523. The number of ether oxygens (including phenoxy) is 1. The third kappa shape index (κ3) is 6.46.